The maximum atomic E-state index is 2.29. The van der Waals surface area contributed by atoms with Crippen molar-refractivity contribution < 1.29 is 51.0 Å². The van der Waals surface area contributed by atoms with Crippen LogP contribution in [0.2, 0.25) is 13.1 Å². The summed E-state index contributed by atoms with van der Waals surface area (Å²) in [6, 6.07) is 52.6. The largest absolute Gasteiger partial charge is 4.00 e. The summed E-state index contributed by atoms with van der Waals surface area (Å²) in [4.78, 5) is 0. The van der Waals surface area contributed by atoms with Crippen molar-refractivity contribution in [2.45, 2.75) is 26.9 Å². The number of aryl methyl sites for hydroxylation is 2. The zero-order valence-corrected chi connectivity index (χ0v) is 31.6. The van der Waals surface area contributed by atoms with E-state index in [1.165, 1.54) is 76.5 Å². The second-order valence-corrected chi connectivity index (χ2v) is 12.3. The molecule has 8 rings (SSSR count). The molecule has 8 aromatic rings. The fourth-order valence-corrected chi connectivity index (χ4v) is 6.01. The number of hydrogen-bond donors (Lipinski definition) is 0. The Morgan fingerprint density at radius 1 is 0.435 bits per heavy atom. The monoisotopic (exact) mass is 728 g/mol. The first-order valence-corrected chi connectivity index (χ1v) is 16.9. The summed E-state index contributed by atoms with van der Waals surface area (Å²) in [7, 11) is 1.08. The summed E-state index contributed by atoms with van der Waals surface area (Å²) in [5.74, 6) is 0. The molecule has 0 aromatic heterocycles. The molecule has 4 heteroatoms. The maximum absolute atomic E-state index is 2.29. The summed E-state index contributed by atoms with van der Waals surface area (Å²) in [6.07, 6.45) is 0. The number of rotatable bonds is 2. The third-order valence-corrected chi connectivity index (χ3v) is 7.87. The molecule has 0 saturated heterocycles. The molecule has 0 aliphatic rings. The zero-order valence-electron chi connectivity index (χ0n) is 26.6. The van der Waals surface area contributed by atoms with Crippen molar-refractivity contribution >= 4 is 52.6 Å². The molecular formula is C42H36Cl2SiZr. The number of hydrogen-bond acceptors (Lipinski definition) is 0. The Morgan fingerprint density at radius 2 is 0.761 bits per heavy atom. The van der Waals surface area contributed by atoms with Gasteiger partial charge in [0.15, 0.2) is 0 Å². The van der Waals surface area contributed by atoms with Crippen LogP contribution in [0.5, 0.6) is 0 Å². The molecule has 0 aliphatic heterocycles. The number of fused-ring (bicyclic) bond motifs is 4. The molecule has 0 heterocycles. The van der Waals surface area contributed by atoms with E-state index in [1.54, 1.807) is 0 Å². The van der Waals surface area contributed by atoms with Crippen LogP contribution in [0.1, 0.15) is 11.1 Å². The average Bonchev–Trinajstić information content (AvgIpc) is 3.66. The van der Waals surface area contributed by atoms with Gasteiger partial charge < -0.3 is 24.8 Å². The summed E-state index contributed by atoms with van der Waals surface area (Å²) >= 11 is 0. The van der Waals surface area contributed by atoms with Crippen LogP contribution in [-0.4, -0.2) is 9.52 Å². The molecule has 8 aromatic carbocycles. The van der Waals surface area contributed by atoms with E-state index in [9.17, 15) is 0 Å². The van der Waals surface area contributed by atoms with Gasteiger partial charge in [-0.1, -0.05) is 145 Å². The van der Waals surface area contributed by atoms with Crippen molar-refractivity contribution in [1.29, 1.82) is 0 Å². The van der Waals surface area contributed by atoms with Gasteiger partial charge in [0.05, 0.1) is 0 Å². The fraction of sp³-hybridized carbons (Fsp3) is 0.0952. The maximum Gasteiger partial charge on any atom is 4.00 e. The first-order chi connectivity index (χ1) is 21.0. The summed E-state index contributed by atoms with van der Waals surface area (Å²) in [5, 5.41) is 10.5. The van der Waals surface area contributed by atoms with Crippen LogP contribution in [0.4, 0.5) is 0 Å². The minimum atomic E-state index is 0. The van der Waals surface area contributed by atoms with Gasteiger partial charge in [-0.3, -0.25) is 0 Å². The van der Waals surface area contributed by atoms with Crippen molar-refractivity contribution in [3.05, 3.63) is 157 Å². The molecule has 0 aliphatic carbocycles. The second kappa shape index (κ2) is 17.1. The van der Waals surface area contributed by atoms with Crippen molar-refractivity contribution in [2.75, 3.05) is 0 Å². The van der Waals surface area contributed by atoms with Crippen molar-refractivity contribution in [3.8, 4) is 22.3 Å². The average molecular weight is 731 g/mol. The van der Waals surface area contributed by atoms with E-state index in [-0.39, 0.29) is 51.0 Å². The summed E-state index contributed by atoms with van der Waals surface area (Å²) in [5.41, 5.74) is 7.90. The molecule has 2 radical (unpaired) electrons. The minimum absolute atomic E-state index is 0. The van der Waals surface area contributed by atoms with E-state index < -0.39 is 0 Å². The number of benzene rings is 6. The van der Waals surface area contributed by atoms with E-state index in [0.717, 1.165) is 9.52 Å². The third-order valence-electron chi connectivity index (χ3n) is 7.87. The summed E-state index contributed by atoms with van der Waals surface area (Å²) in [6.45, 7) is 8.64. The van der Waals surface area contributed by atoms with Crippen molar-refractivity contribution in [1.82, 2.24) is 0 Å². The van der Waals surface area contributed by atoms with Gasteiger partial charge in [-0.05, 0) is 35.4 Å². The smallest absolute Gasteiger partial charge is 1.00 e. The predicted molar refractivity (Wildman–Crippen MR) is 192 cm³/mol. The molecule has 0 atom stereocenters. The van der Waals surface area contributed by atoms with E-state index >= 15 is 0 Å². The zero-order chi connectivity index (χ0) is 29.8. The van der Waals surface area contributed by atoms with Gasteiger partial charge >= 0.3 is 26.2 Å². The van der Waals surface area contributed by atoms with Crippen LogP contribution in [-0.2, 0) is 26.2 Å². The summed E-state index contributed by atoms with van der Waals surface area (Å²) < 4.78 is 0. The van der Waals surface area contributed by atoms with Crippen LogP contribution < -0.4 is 24.8 Å². The molecular weight excluding hydrogens is 695 g/mol. The standard InChI is InChI=1S/2C20H15.C2H6Si.2ClH.Zr/c2*1-14-10-17-8-4-5-9-19(17)20(11-14)18-12-15-6-2-3-7-16(15)13-18;1-3-2;;;/h2*2-13H,1H3;1-2H3;2*1H;/q2*-1;;;;+4/p-2. The first kappa shape index (κ1) is 37.2. The Hall–Kier alpha value is -3.26. The Morgan fingerprint density at radius 3 is 1.13 bits per heavy atom. The molecule has 0 saturated carbocycles. The van der Waals surface area contributed by atoms with E-state index in [0.29, 0.717) is 0 Å². The molecule has 0 spiro atoms. The Balaban J connectivity index is 0.000000218. The van der Waals surface area contributed by atoms with Gasteiger partial charge in [-0.2, -0.15) is 0 Å². The van der Waals surface area contributed by atoms with E-state index in [2.05, 4.69) is 173 Å². The van der Waals surface area contributed by atoms with Gasteiger partial charge in [0.25, 0.3) is 0 Å². The fourth-order valence-electron chi connectivity index (χ4n) is 6.01. The van der Waals surface area contributed by atoms with Crippen LogP contribution in [0.3, 0.4) is 0 Å². The molecule has 0 bridgehead atoms. The molecule has 0 unspecified atom stereocenters. The van der Waals surface area contributed by atoms with Crippen LogP contribution in [0, 0.1) is 13.8 Å². The Labute approximate surface area is 307 Å². The molecule has 0 amide bonds. The minimum Gasteiger partial charge on any atom is -1.00 e. The van der Waals surface area contributed by atoms with Gasteiger partial charge in [0.2, 0.25) is 0 Å². The van der Waals surface area contributed by atoms with Crippen LogP contribution in [0.15, 0.2) is 146 Å². The quantitative estimate of drug-likeness (QED) is 0.148. The van der Waals surface area contributed by atoms with Gasteiger partial charge in [0.1, 0.15) is 0 Å². The Kier molecular flexibility index (Phi) is 13.8. The Bertz CT molecular complexity index is 1950. The van der Waals surface area contributed by atoms with Crippen LogP contribution >= 0.6 is 0 Å². The molecule has 46 heavy (non-hydrogen) atoms. The van der Waals surface area contributed by atoms with Gasteiger partial charge in [-0.25, -0.2) is 0 Å². The topological polar surface area (TPSA) is 0 Å². The van der Waals surface area contributed by atoms with Gasteiger partial charge in [0, 0.05) is 9.52 Å². The van der Waals surface area contributed by atoms with E-state index in [1.807, 2.05) is 0 Å². The molecule has 0 fully saturated rings. The third kappa shape index (κ3) is 8.17. The molecule has 0 N–H and O–H groups in total. The van der Waals surface area contributed by atoms with E-state index in [4.69, 9.17) is 0 Å². The second-order valence-electron chi connectivity index (χ2n) is 11.3. The van der Waals surface area contributed by atoms with Gasteiger partial charge in [-0.15, -0.1) is 69.1 Å². The van der Waals surface area contributed by atoms with Crippen molar-refractivity contribution in [2.24, 2.45) is 0 Å². The molecule has 226 valence electrons. The molecule has 0 nitrogen and oxygen atoms in total. The predicted octanol–water partition coefficient (Wildman–Crippen LogP) is 6.17. The van der Waals surface area contributed by atoms with Crippen LogP contribution in [0.25, 0.3) is 65.3 Å². The number of halogens is 2. The SMILES string of the molecule is C[Si]C.Cc1cc(-c2cc3ccccc3[cH-]2)c2ccccc2c1.Cc1cc(-c2cc3ccccc3[cH-]2)c2ccccc2c1.[Cl-].[Cl-].[Zr+4]. The first-order valence-electron chi connectivity index (χ1n) is 14.9. The normalized spacial score (nSPS) is 10.2. The van der Waals surface area contributed by atoms with Crippen molar-refractivity contribution in [3.63, 3.8) is 0 Å².